The van der Waals surface area contributed by atoms with E-state index in [4.69, 9.17) is 0 Å². The number of hydrogen-bond donors (Lipinski definition) is 3. The standard InChI is InChI=1S/C23H37NO4/c1-2-3-4-5-6-7-8-9-10-11-15-18-20(25)24-21(23(27)28)22(26)19-16-13-12-14-17-19/h12-14,16-17,21-22,26H,2-11,15,18H2,1H3,(H,24,25)(H,27,28)/t21-,22+/m1/s1. The van der Waals surface area contributed by atoms with Crippen LogP contribution >= 0.6 is 0 Å². The summed E-state index contributed by atoms with van der Waals surface area (Å²) >= 11 is 0. The molecule has 0 fully saturated rings. The third-order valence-electron chi connectivity index (χ3n) is 5.05. The van der Waals surface area contributed by atoms with E-state index in [1.807, 2.05) is 0 Å². The van der Waals surface area contributed by atoms with Crippen molar-refractivity contribution in [3.63, 3.8) is 0 Å². The van der Waals surface area contributed by atoms with Gasteiger partial charge in [-0.3, -0.25) is 4.79 Å². The van der Waals surface area contributed by atoms with Gasteiger partial charge in [0, 0.05) is 6.42 Å². The summed E-state index contributed by atoms with van der Waals surface area (Å²) in [6.45, 7) is 2.23. The molecule has 1 aromatic carbocycles. The highest BCUT2D eigenvalue weighted by atomic mass is 16.4. The van der Waals surface area contributed by atoms with Crippen molar-refractivity contribution in [2.45, 2.75) is 96.1 Å². The van der Waals surface area contributed by atoms with Gasteiger partial charge in [0.15, 0.2) is 6.04 Å². The number of rotatable bonds is 16. The number of hydrogen-bond acceptors (Lipinski definition) is 3. The molecule has 0 saturated heterocycles. The van der Waals surface area contributed by atoms with Crippen LogP contribution in [-0.4, -0.2) is 28.1 Å². The minimum Gasteiger partial charge on any atom is -0.480 e. The minimum absolute atomic E-state index is 0.294. The second-order valence-corrected chi connectivity index (χ2v) is 7.52. The summed E-state index contributed by atoms with van der Waals surface area (Å²) in [7, 11) is 0. The lowest BCUT2D eigenvalue weighted by atomic mass is 10.0. The van der Waals surface area contributed by atoms with Gasteiger partial charge in [-0.1, -0.05) is 101 Å². The molecule has 0 aromatic heterocycles. The summed E-state index contributed by atoms with van der Waals surface area (Å²) in [6.07, 6.45) is 12.2. The maximum absolute atomic E-state index is 12.1. The van der Waals surface area contributed by atoms with Crippen LogP contribution in [-0.2, 0) is 9.59 Å². The molecule has 5 nitrogen and oxygen atoms in total. The van der Waals surface area contributed by atoms with E-state index in [-0.39, 0.29) is 5.91 Å². The van der Waals surface area contributed by atoms with Gasteiger partial charge in [0.2, 0.25) is 5.91 Å². The minimum atomic E-state index is -1.33. The first-order valence-electron chi connectivity index (χ1n) is 10.8. The Hall–Kier alpha value is -1.88. The number of aliphatic hydroxyl groups excluding tert-OH is 1. The number of aliphatic carboxylic acids is 1. The zero-order valence-electron chi connectivity index (χ0n) is 17.2. The fraction of sp³-hybridized carbons (Fsp3) is 0.652. The van der Waals surface area contributed by atoms with Crippen LogP contribution in [0.15, 0.2) is 30.3 Å². The monoisotopic (exact) mass is 391 g/mol. The van der Waals surface area contributed by atoms with Crippen LogP contribution in [0.2, 0.25) is 0 Å². The SMILES string of the molecule is CCCCCCCCCCCCCC(=O)N[C@@H](C(=O)O)[C@@H](O)c1ccccc1. The zero-order valence-corrected chi connectivity index (χ0v) is 17.2. The lowest BCUT2D eigenvalue weighted by Crippen LogP contribution is -2.44. The van der Waals surface area contributed by atoms with Gasteiger partial charge in [-0.25, -0.2) is 4.79 Å². The summed E-state index contributed by atoms with van der Waals surface area (Å²) in [6, 6.07) is 7.21. The Bertz CT molecular complexity index is 547. The molecule has 0 saturated carbocycles. The number of unbranched alkanes of at least 4 members (excludes halogenated alkanes) is 10. The topological polar surface area (TPSA) is 86.6 Å². The summed E-state index contributed by atoms with van der Waals surface area (Å²) in [5, 5.41) is 22.1. The van der Waals surface area contributed by atoms with Crippen LogP contribution in [0.25, 0.3) is 0 Å². The average molecular weight is 392 g/mol. The molecule has 0 radical (unpaired) electrons. The van der Waals surface area contributed by atoms with Crippen molar-refractivity contribution in [3.05, 3.63) is 35.9 Å². The van der Waals surface area contributed by atoms with E-state index in [2.05, 4.69) is 12.2 Å². The van der Waals surface area contributed by atoms with E-state index < -0.39 is 18.1 Å². The van der Waals surface area contributed by atoms with E-state index in [1.54, 1.807) is 30.3 Å². The van der Waals surface area contributed by atoms with Crippen molar-refractivity contribution in [1.82, 2.24) is 5.32 Å². The predicted octanol–water partition coefficient (Wildman–Crippen LogP) is 4.99. The smallest absolute Gasteiger partial charge is 0.329 e. The highest BCUT2D eigenvalue weighted by molar-refractivity contribution is 5.84. The molecule has 5 heteroatoms. The van der Waals surface area contributed by atoms with Gasteiger partial charge in [0.05, 0.1) is 0 Å². The quantitative estimate of drug-likeness (QED) is 0.346. The lowest BCUT2D eigenvalue weighted by molar-refractivity contribution is -0.145. The van der Waals surface area contributed by atoms with Crippen LogP contribution in [0.3, 0.4) is 0 Å². The molecular formula is C23H37NO4. The number of carboxylic acid groups (broad SMARTS) is 1. The predicted molar refractivity (Wildman–Crippen MR) is 112 cm³/mol. The van der Waals surface area contributed by atoms with Crippen molar-refractivity contribution < 1.29 is 19.8 Å². The first-order valence-corrected chi connectivity index (χ1v) is 10.8. The van der Waals surface area contributed by atoms with E-state index in [0.29, 0.717) is 12.0 Å². The number of aliphatic hydroxyl groups is 1. The third kappa shape index (κ3) is 10.5. The van der Waals surface area contributed by atoms with E-state index in [9.17, 15) is 19.8 Å². The van der Waals surface area contributed by atoms with Gasteiger partial charge in [-0.2, -0.15) is 0 Å². The summed E-state index contributed by atoms with van der Waals surface area (Å²) in [4.78, 5) is 23.5. The van der Waals surface area contributed by atoms with Gasteiger partial charge >= 0.3 is 5.97 Å². The molecule has 1 amide bonds. The Morgan fingerprint density at radius 1 is 0.857 bits per heavy atom. The van der Waals surface area contributed by atoms with Crippen LogP contribution in [0.5, 0.6) is 0 Å². The van der Waals surface area contributed by atoms with Crippen LogP contribution < -0.4 is 5.32 Å². The molecule has 3 N–H and O–H groups in total. The first-order chi connectivity index (χ1) is 13.6. The fourth-order valence-electron chi connectivity index (χ4n) is 3.31. The van der Waals surface area contributed by atoms with Crippen LogP contribution in [0.4, 0.5) is 0 Å². The summed E-state index contributed by atoms with van der Waals surface area (Å²) < 4.78 is 0. The molecule has 0 aliphatic carbocycles. The molecule has 28 heavy (non-hydrogen) atoms. The summed E-state index contributed by atoms with van der Waals surface area (Å²) in [5.41, 5.74) is 0.477. The molecule has 2 atom stereocenters. The molecule has 0 aliphatic heterocycles. The van der Waals surface area contributed by atoms with Crippen molar-refractivity contribution >= 4 is 11.9 Å². The van der Waals surface area contributed by atoms with Crippen molar-refractivity contribution in [3.8, 4) is 0 Å². The number of amides is 1. The van der Waals surface area contributed by atoms with E-state index >= 15 is 0 Å². The lowest BCUT2D eigenvalue weighted by Gasteiger charge is -2.20. The molecule has 1 rings (SSSR count). The highest BCUT2D eigenvalue weighted by Gasteiger charge is 2.29. The van der Waals surface area contributed by atoms with Crippen molar-refractivity contribution in [1.29, 1.82) is 0 Å². The Kier molecular flexibility index (Phi) is 13.0. The number of nitrogens with one attached hydrogen (secondary N) is 1. The van der Waals surface area contributed by atoms with Gasteiger partial charge in [0.25, 0.3) is 0 Å². The Morgan fingerprint density at radius 3 is 1.86 bits per heavy atom. The van der Waals surface area contributed by atoms with E-state index in [1.165, 1.54) is 51.4 Å². The second kappa shape index (κ2) is 15.1. The Morgan fingerprint density at radius 2 is 1.36 bits per heavy atom. The average Bonchev–Trinajstić information content (AvgIpc) is 2.70. The summed E-state index contributed by atoms with van der Waals surface area (Å²) in [5.74, 6) is -1.55. The van der Waals surface area contributed by atoms with Gasteiger partial charge in [-0.05, 0) is 12.0 Å². The second-order valence-electron chi connectivity index (χ2n) is 7.52. The van der Waals surface area contributed by atoms with Gasteiger partial charge < -0.3 is 15.5 Å². The van der Waals surface area contributed by atoms with Crippen LogP contribution in [0.1, 0.15) is 95.6 Å². The largest absolute Gasteiger partial charge is 0.480 e. The Labute approximate surface area is 169 Å². The van der Waals surface area contributed by atoms with Crippen LogP contribution in [0, 0.1) is 0 Å². The van der Waals surface area contributed by atoms with Crippen molar-refractivity contribution in [2.24, 2.45) is 0 Å². The number of carboxylic acids is 1. The maximum Gasteiger partial charge on any atom is 0.329 e. The van der Waals surface area contributed by atoms with Gasteiger partial charge in [-0.15, -0.1) is 0 Å². The normalized spacial score (nSPS) is 13.1. The maximum atomic E-state index is 12.1. The first kappa shape index (κ1) is 24.2. The highest BCUT2D eigenvalue weighted by Crippen LogP contribution is 2.17. The Balaban J connectivity index is 2.16. The van der Waals surface area contributed by atoms with Crippen molar-refractivity contribution in [2.75, 3.05) is 0 Å². The molecule has 0 heterocycles. The number of carbonyl (C=O) groups excluding carboxylic acids is 1. The third-order valence-corrected chi connectivity index (χ3v) is 5.05. The molecule has 1 aromatic rings. The molecule has 0 aliphatic rings. The molecular weight excluding hydrogens is 354 g/mol. The molecule has 0 spiro atoms. The molecule has 0 unspecified atom stereocenters. The number of benzene rings is 1. The number of carbonyl (C=O) groups is 2. The molecule has 0 bridgehead atoms. The fourth-order valence-corrected chi connectivity index (χ4v) is 3.31. The molecule has 158 valence electrons. The van der Waals surface area contributed by atoms with E-state index in [0.717, 1.165) is 19.3 Å². The zero-order chi connectivity index (χ0) is 20.6. The van der Waals surface area contributed by atoms with Gasteiger partial charge in [0.1, 0.15) is 6.10 Å².